The Morgan fingerprint density at radius 2 is 2.00 bits per heavy atom. The SMILES string of the molecule is CC[CH]C(C)(Br)C(Br)CC. The average molecular weight is 271 g/mol. The number of hydrogen-bond acceptors (Lipinski definition) is 0. The van der Waals surface area contributed by atoms with E-state index in [1.165, 1.54) is 0 Å². The fourth-order valence-electron chi connectivity index (χ4n) is 0.926. The lowest BCUT2D eigenvalue weighted by Gasteiger charge is -2.26. The van der Waals surface area contributed by atoms with Crippen molar-refractivity contribution in [2.45, 2.75) is 42.8 Å². The molecule has 0 heterocycles. The highest BCUT2D eigenvalue weighted by molar-refractivity contribution is 9.12. The van der Waals surface area contributed by atoms with Crippen molar-refractivity contribution in [2.75, 3.05) is 0 Å². The predicted octanol–water partition coefficient (Wildman–Crippen LogP) is 3.93. The number of hydrogen-bond donors (Lipinski definition) is 0. The smallest absolute Gasteiger partial charge is 0.0385 e. The summed E-state index contributed by atoms with van der Waals surface area (Å²) < 4.78 is 0.163. The van der Waals surface area contributed by atoms with Crippen LogP contribution in [0.25, 0.3) is 0 Å². The van der Waals surface area contributed by atoms with Crippen molar-refractivity contribution in [1.29, 1.82) is 0 Å². The van der Waals surface area contributed by atoms with E-state index in [1.807, 2.05) is 0 Å². The molecular formula is C8H15Br2. The zero-order valence-electron chi connectivity index (χ0n) is 6.82. The standard InChI is InChI=1S/C8H15Br2/c1-4-6-8(3,10)7(9)5-2/h6-7H,4-5H2,1-3H3. The first-order valence-electron chi connectivity index (χ1n) is 3.72. The molecule has 0 rings (SSSR count). The van der Waals surface area contributed by atoms with Gasteiger partial charge in [-0.3, -0.25) is 0 Å². The first kappa shape index (κ1) is 11.0. The van der Waals surface area contributed by atoms with Crippen LogP contribution in [0.4, 0.5) is 0 Å². The third-order valence-electron chi connectivity index (χ3n) is 1.57. The van der Waals surface area contributed by atoms with Gasteiger partial charge in [0.15, 0.2) is 0 Å². The van der Waals surface area contributed by atoms with Crippen molar-refractivity contribution in [3.05, 3.63) is 6.42 Å². The Kier molecular flexibility index (Phi) is 5.22. The van der Waals surface area contributed by atoms with Crippen molar-refractivity contribution >= 4 is 31.9 Å². The van der Waals surface area contributed by atoms with Gasteiger partial charge in [0.1, 0.15) is 0 Å². The summed E-state index contributed by atoms with van der Waals surface area (Å²) >= 11 is 7.29. The Morgan fingerprint density at radius 3 is 2.30 bits per heavy atom. The molecule has 1 radical (unpaired) electrons. The normalized spacial score (nSPS) is 20.1. The van der Waals surface area contributed by atoms with E-state index in [9.17, 15) is 0 Å². The summed E-state index contributed by atoms with van der Waals surface area (Å²) in [5.41, 5.74) is 0. The van der Waals surface area contributed by atoms with E-state index in [0.29, 0.717) is 4.83 Å². The molecule has 0 nitrogen and oxygen atoms in total. The topological polar surface area (TPSA) is 0 Å². The van der Waals surface area contributed by atoms with Gasteiger partial charge >= 0.3 is 0 Å². The van der Waals surface area contributed by atoms with Crippen molar-refractivity contribution in [1.82, 2.24) is 0 Å². The minimum Gasteiger partial charge on any atom is -0.0876 e. The third-order valence-corrected chi connectivity index (χ3v) is 4.66. The Morgan fingerprint density at radius 1 is 1.50 bits per heavy atom. The molecule has 2 unspecified atom stereocenters. The van der Waals surface area contributed by atoms with Crippen LogP contribution in [0.1, 0.15) is 33.6 Å². The molecule has 0 fully saturated rings. The Labute approximate surface area is 81.0 Å². The van der Waals surface area contributed by atoms with E-state index in [4.69, 9.17) is 0 Å². The summed E-state index contributed by atoms with van der Waals surface area (Å²) in [6.07, 6.45) is 4.55. The summed E-state index contributed by atoms with van der Waals surface area (Å²) in [7, 11) is 0. The molecule has 61 valence electrons. The molecule has 0 aliphatic heterocycles. The van der Waals surface area contributed by atoms with Crippen molar-refractivity contribution in [3.63, 3.8) is 0 Å². The van der Waals surface area contributed by atoms with Crippen LogP contribution in [0, 0.1) is 6.42 Å². The fraction of sp³-hybridized carbons (Fsp3) is 0.875. The van der Waals surface area contributed by atoms with Crippen LogP contribution < -0.4 is 0 Å². The quantitative estimate of drug-likeness (QED) is 0.679. The molecule has 10 heavy (non-hydrogen) atoms. The second kappa shape index (κ2) is 4.76. The molecule has 0 aliphatic carbocycles. The maximum absolute atomic E-state index is 3.67. The van der Waals surface area contributed by atoms with Gasteiger partial charge in [0.2, 0.25) is 0 Å². The molecule has 0 saturated carbocycles. The highest BCUT2D eigenvalue weighted by Gasteiger charge is 2.26. The maximum Gasteiger partial charge on any atom is 0.0385 e. The van der Waals surface area contributed by atoms with Gasteiger partial charge in [-0.15, -0.1) is 0 Å². The third kappa shape index (κ3) is 3.38. The minimum atomic E-state index is 0.163. The van der Waals surface area contributed by atoms with Gasteiger partial charge in [-0.1, -0.05) is 52.1 Å². The second-order valence-electron chi connectivity index (χ2n) is 2.64. The molecule has 2 heteroatoms. The van der Waals surface area contributed by atoms with Gasteiger partial charge in [-0.25, -0.2) is 0 Å². The van der Waals surface area contributed by atoms with Crippen molar-refractivity contribution in [3.8, 4) is 0 Å². The molecule has 0 aromatic carbocycles. The highest BCUT2D eigenvalue weighted by atomic mass is 79.9. The predicted molar refractivity (Wildman–Crippen MR) is 54.9 cm³/mol. The van der Waals surface area contributed by atoms with Crippen LogP contribution in [-0.2, 0) is 0 Å². The molecule has 0 N–H and O–H groups in total. The minimum absolute atomic E-state index is 0.163. The molecule has 0 amide bonds. The molecule has 0 bridgehead atoms. The van der Waals surface area contributed by atoms with Crippen LogP contribution in [0.5, 0.6) is 0 Å². The molecular weight excluding hydrogens is 256 g/mol. The van der Waals surface area contributed by atoms with E-state index in [2.05, 4.69) is 59.1 Å². The molecule has 0 aromatic rings. The summed E-state index contributed by atoms with van der Waals surface area (Å²) in [5.74, 6) is 0. The number of rotatable bonds is 4. The van der Waals surface area contributed by atoms with Crippen molar-refractivity contribution in [2.24, 2.45) is 0 Å². The first-order valence-corrected chi connectivity index (χ1v) is 5.42. The van der Waals surface area contributed by atoms with Crippen molar-refractivity contribution < 1.29 is 0 Å². The average Bonchev–Trinajstić information content (AvgIpc) is 1.86. The first-order chi connectivity index (χ1) is 4.54. The number of alkyl halides is 2. The highest BCUT2D eigenvalue weighted by Crippen LogP contribution is 2.33. The van der Waals surface area contributed by atoms with E-state index >= 15 is 0 Å². The zero-order chi connectivity index (χ0) is 8.20. The fourth-order valence-corrected chi connectivity index (χ4v) is 1.76. The van der Waals surface area contributed by atoms with Crippen LogP contribution in [0.3, 0.4) is 0 Å². The maximum atomic E-state index is 3.67. The molecule has 0 aliphatic rings. The lowest BCUT2D eigenvalue weighted by atomic mass is 10.0. The summed E-state index contributed by atoms with van der Waals surface area (Å²) in [5, 5.41) is 0. The van der Waals surface area contributed by atoms with Crippen LogP contribution in [0.15, 0.2) is 0 Å². The molecule has 0 aromatic heterocycles. The van der Waals surface area contributed by atoms with E-state index in [1.54, 1.807) is 0 Å². The molecule has 0 spiro atoms. The number of halogens is 2. The molecule has 0 saturated heterocycles. The summed E-state index contributed by atoms with van der Waals surface area (Å²) in [6.45, 7) is 6.54. The van der Waals surface area contributed by atoms with Gasteiger partial charge in [-0.2, -0.15) is 0 Å². The van der Waals surface area contributed by atoms with Gasteiger partial charge in [0, 0.05) is 9.15 Å². The van der Waals surface area contributed by atoms with Gasteiger partial charge in [-0.05, 0) is 19.8 Å². The largest absolute Gasteiger partial charge is 0.0876 e. The Hall–Kier alpha value is 0.960. The van der Waals surface area contributed by atoms with E-state index in [0.717, 1.165) is 12.8 Å². The van der Waals surface area contributed by atoms with Crippen LogP contribution in [0.2, 0.25) is 0 Å². The Balaban J connectivity index is 3.82. The van der Waals surface area contributed by atoms with E-state index in [-0.39, 0.29) is 4.32 Å². The van der Waals surface area contributed by atoms with E-state index < -0.39 is 0 Å². The Bertz CT molecular complexity index is 89.3. The van der Waals surface area contributed by atoms with Gasteiger partial charge in [0.25, 0.3) is 0 Å². The zero-order valence-corrected chi connectivity index (χ0v) is 10.00. The monoisotopic (exact) mass is 269 g/mol. The lowest BCUT2D eigenvalue weighted by molar-refractivity contribution is 0.664. The summed E-state index contributed by atoms with van der Waals surface area (Å²) in [6, 6.07) is 0. The summed E-state index contributed by atoms with van der Waals surface area (Å²) in [4.78, 5) is 0.542. The van der Waals surface area contributed by atoms with Gasteiger partial charge in [0.05, 0.1) is 0 Å². The lowest BCUT2D eigenvalue weighted by Crippen LogP contribution is -2.27. The molecule has 2 atom stereocenters. The van der Waals surface area contributed by atoms with Crippen LogP contribution in [-0.4, -0.2) is 9.15 Å². The van der Waals surface area contributed by atoms with Crippen LogP contribution >= 0.6 is 31.9 Å². The second-order valence-corrected chi connectivity index (χ2v) is 5.45. The van der Waals surface area contributed by atoms with Gasteiger partial charge < -0.3 is 0 Å².